The molecule has 0 saturated carbocycles. The number of nitrogen functional groups attached to an aromatic ring is 1. The van der Waals surface area contributed by atoms with E-state index >= 15 is 0 Å². The highest BCUT2D eigenvalue weighted by molar-refractivity contribution is 5.88. The number of halogens is 2. The zero-order chi connectivity index (χ0) is 21.2. The number of carbonyl (C=O) groups excluding carboxylic acids is 1. The average molecular weight is 405 g/mol. The van der Waals surface area contributed by atoms with Gasteiger partial charge >= 0.3 is 5.97 Å². The standard InChI is InChI=1S/C20H21F2N3O4/c1-12-2-4-13(5-3-12)6-17(26)25-9-15(20(21,22)11-25)10-29-16-7-14(19(27)28)8-24-18(16)23/h2-5,7-8,15H,6,9-11H2,1H3,(H2,23,24)(H,27,28). The van der Waals surface area contributed by atoms with Crippen molar-refractivity contribution >= 4 is 17.7 Å². The number of aryl methyl sites for hydroxylation is 1. The fourth-order valence-electron chi connectivity index (χ4n) is 3.08. The second kappa shape index (κ2) is 8.02. The number of rotatable bonds is 6. The summed E-state index contributed by atoms with van der Waals surface area (Å²) in [7, 11) is 0. The number of hydrogen-bond acceptors (Lipinski definition) is 5. The number of carbonyl (C=O) groups is 2. The second-order valence-electron chi connectivity index (χ2n) is 7.12. The minimum atomic E-state index is -3.13. The minimum absolute atomic E-state index is 0.0431. The topological polar surface area (TPSA) is 106 Å². The molecule has 1 unspecified atom stereocenters. The second-order valence-corrected chi connectivity index (χ2v) is 7.12. The molecule has 0 radical (unpaired) electrons. The Bertz CT molecular complexity index is 918. The molecule has 0 aliphatic carbocycles. The van der Waals surface area contributed by atoms with E-state index in [1.54, 1.807) is 12.1 Å². The van der Waals surface area contributed by atoms with Gasteiger partial charge < -0.3 is 20.5 Å². The summed E-state index contributed by atoms with van der Waals surface area (Å²) in [5.74, 6) is -6.16. The smallest absolute Gasteiger partial charge is 0.337 e. The Morgan fingerprint density at radius 3 is 2.69 bits per heavy atom. The highest BCUT2D eigenvalue weighted by atomic mass is 19.3. The molecule has 1 aliphatic rings. The quantitative estimate of drug-likeness (QED) is 0.765. The van der Waals surface area contributed by atoms with Gasteiger partial charge in [0.2, 0.25) is 5.91 Å². The molecule has 9 heteroatoms. The Morgan fingerprint density at radius 2 is 2.03 bits per heavy atom. The molecule has 1 aliphatic heterocycles. The zero-order valence-electron chi connectivity index (χ0n) is 15.8. The van der Waals surface area contributed by atoms with Gasteiger partial charge in [-0.05, 0) is 12.5 Å². The molecule has 7 nitrogen and oxygen atoms in total. The summed E-state index contributed by atoms with van der Waals surface area (Å²) in [5, 5.41) is 8.99. The molecule has 2 aromatic rings. The van der Waals surface area contributed by atoms with Crippen molar-refractivity contribution in [1.29, 1.82) is 0 Å². The number of amides is 1. The van der Waals surface area contributed by atoms with E-state index in [1.165, 1.54) is 0 Å². The number of aromatic carboxylic acids is 1. The third kappa shape index (κ3) is 4.79. The number of hydrogen-bond donors (Lipinski definition) is 2. The lowest BCUT2D eigenvalue weighted by Gasteiger charge is -2.18. The first-order valence-electron chi connectivity index (χ1n) is 8.98. The van der Waals surface area contributed by atoms with Gasteiger partial charge in [0, 0.05) is 18.8 Å². The van der Waals surface area contributed by atoms with Gasteiger partial charge in [-0.15, -0.1) is 0 Å². The van der Waals surface area contributed by atoms with Crippen molar-refractivity contribution in [3.05, 3.63) is 53.2 Å². The van der Waals surface area contributed by atoms with Gasteiger partial charge in [0.15, 0.2) is 11.6 Å². The Morgan fingerprint density at radius 1 is 1.34 bits per heavy atom. The SMILES string of the molecule is Cc1ccc(CC(=O)N2CC(COc3cc(C(=O)O)cnc3N)C(F)(F)C2)cc1. The van der Waals surface area contributed by atoms with E-state index in [-0.39, 0.29) is 36.0 Å². The number of pyridine rings is 1. The Hall–Kier alpha value is -3.23. The number of likely N-dealkylation sites (tertiary alicyclic amines) is 1. The molecule has 2 heterocycles. The van der Waals surface area contributed by atoms with Gasteiger partial charge in [-0.3, -0.25) is 4.79 Å². The Balaban J connectivity index is 1.64. The van der Waals surface area contributed by atoms with Crippen molar-refractivity contribution in [2.45, 2.75) is 19.3 Å². The number of nitrogens with two attached hydrogens (primary N) is 1. The summed E-state index contributed by atoms with van der Waals surface area (Å²) in [4.78, 5) is 28.3. The van der Waals surface area contributed by atoms with Crippen LogP contribution in [0.5, 0.6) is 5.75 Å². The Kier molecular flexibility index (Phi) is 5.67. The van der Waals surface area contributed by atoms with E-state index in [2.05, 4.69) is 4.98 Å². The monoisotopic (exact) mass is 405 g/mol. The molecule has 0 spiro atoms. The van der Waals surface area contributed by atoms with E-state index in [0.717, 1.165) is 28.3 Å². The molecular formula is C20H21F2N3O4. The highest BCUT2D eigenvalue weighted by Crippen LogP contribution is 2.34. The minimum Gasteiger partial charge on any atom is -0.489 e. The summed E-state index contributed by atoms with van der Waals surface area (Å²) >= 11 is 0. The van der Waals surface area contributed by atoms with Crippen LogP contribution in [0.4, 0.5) is 14.6 Å². The number of alkyl halides is 2. The number of anilines is 1. The molecule has 1 aromatic carbocycles. The van der Waals surface area contributed by atoms with Crippen LogP contribution in [0.25, 0.3) is 0 Å². The average Bonchev–Trinajstić information content (AvgIpc) is 2.97. The molecule has 1 amide bonds. The largest absolute Gasteiger partial charge is 0.489 e. The Labute approximate surface area is 166 Å². The van der Waals surface area contributed by atoms with Gasteiger partial charge in [-0.25, -0.2) is 18.6 Å². The van der Waals surface area contributed by atoms with Crippen molar-refractivity contribution < 1.29 is 28.2 Å². The lowest BCUT2D eigenvalue weighted by molar-refractivity contribution is -0.130. The molecule has 154 valence electrons. The van der Waals surface area contributed by atoms with Gasteiger partial charge in [-0.2, -0.15) is 0 Å². The summed E-state index contributed by atoms with van der Waals surface area (Å²) in [6.07, 6.45) is 1.10. The van der Waals surface area contributed by atoms with Crippen LogP contribution < -0.4 is 10.5 Å². The van der Waals surface area contributed by atoms with Crippen LogP contribution in [-0.4, -0.2) is 52.5 Å². The first kappa shape index (κ1) is 20.5. The third-order valence-corrected chi connectivity index (χ3v) is 4.84. The molecule has 1 aromatic heterocycles. The van der Waals surface area contributed by atoms with Crippen molar-refractivity contribution in [2.24, 2.45) is 5.92 Å². The number of benzene rings is 1. The van der Waals surface area contributed by atoms with Crippen LogP contribution in [0.15, 0.2) is 36.5 Å². The van der Waals surface area contributed by atoms with Crippen molar-refractivity contribution in [1.82, 2.24) is 9.88 Å². The molecule has 3 rings (SSSR count). The molecular weight excluding hydrogens is 384 g/mol. The van der Waals surface area contributed by atoms with E-state index < -0.39 is 31.0 Å². The summed E-state index contributed by atoms with van der Waals surface area (Å²) < 4.78 is 34.2. The van der Waals surface area contributed by atoms with Crippen LogP contribution in [-0.2, 0) is 11.2 Å². The number of carboxylic acids is 1. The van der Waals surface area contributed by atoms with E-state index in [9.17, 15) is 18.4 Å². The van der Waals surface area contributed by atoms with Gasteiger partial charge in [0.25, 0.3) is 5.92 Å². The van der Waals surface area contributed by atoms with Crippen LogP contribution in [0.1, 0.15) is 21.5 Å². The van der Waals surface area contributed by atoms with E-state index in [0.29, 0.717) is 0 Å². The zero-order valence-corrected chi connectivity index (χ0v) is 15.8. The van der Waals surface area contributed by atoms with Crippen molar-refractivity contribution in [3.8, 4) is 5.75 Å². The number of carboxylic acid groups (broad SMARTS) is 1. The van der Waals surface area contributed by atoms with Gasteiger partial charge in [-0.1, -0.05) is 29.8 Å². The molecule has 1 fully saturated rings. The third-order valence-electron chi connectivity index (χ3n) is 4.84. The van der Waals surface area contributed by atoms with Crippen LogP contribution in [0, 0.1) is 12.8 Å². The maximum absolute atomic E-state index is 14.4. The summed E-state index contributed by atoms with van der Waals surface area (Å²) in [6.45, 7) is 0.653. The molecule has 1 atom stereocenters. The molecule has 0 bridgehead atoms. The predicted octanol–water partition coefficient (Wildman–Crippen LogP) is 2.39. The fourth-order valence-corrected chi connectivity index (χ4v) is 3.08. The predicted molar refractivity (Wildman–Crippen MR) is 101 cm³/mol. The number of aromatic nitrogens is 1. The van der Waals surface area contributed by atoms with Gasteiger partial charge in [0.1, 0.15) is 0 Å². The highest BCUT2D eigenvalue weighted by Gasteiger charge is 2.49. The first-order chi connectivity index (χ1) is 13.7. The van der Waals surface area contributed by atoms with Crippen LogP contribution >= 0.6 is 0 Å². The molecule has 29 heavy (non-hydrogen) atoms. The van der Waals surface area contributed by atoms with Crippen LogP contribution in [0.3, 0.4) is 0 Å². The summed E-state index contributed by atoms with van der Waals surface area (Å²) in [5.41, 5.74) is 7.27. The van der Waals surface area contributed by atoms with Crippen molar-refractivity contribution in [2.75, 3.05) is 25.4 Å². The van der Waals surface area contributed by atoms with E-state index in [4.69, 9.17) is 15.6 Å². The fraction of sp³-hybridized carbons (Fsp3) is 0.350. The maximum atomic E-state index is 14.4. The van der Waals surface area contributed by atoms with Crippen molar-refractivity contribution in [3.63, 3.8) is 0 Å². The lowest BCUT2D eigenvalue weighted by Crippen LogP contribution is -2.33. The number of ether oxygens (including phenoxy) is 1. The molecule has 3 N–H and O–H groups in total. The normalized spacial score (nSPS) is 17.9. The lowest BCUT2D eigenvalue weighted by atomic mass is 10.1. The number of nitrogens with zero attached hydrogens (tertiary/aromatic N) is 2. The molecule has 1 saturated heterocycles. The van der Waals surface area contributed by atoms with Crippen LogP contribution in [0.2, 0.25) is 0 Å². The van der Waals surface area contributed by atoms with E-state index in [1.807, 2.05) is 19.1 Å². The summed E-state index contributed by atoms with van der Waals surface area (Å²) in [6, 6.07) is 8.46. The maximum Gasteiger partial charge on any atom is 0.337 e. The first-order valence-corrected chi connectivity index (χ1v) is 8.98. The van der Waals surface area contributed by atoms with Gasteiger partial charge in [0.05, 0.1) is 31.1 Å².